The lowest BCUT2D eigenvalue weighted by Crippen LogP contribution is -2.33. The third-order valence-electron chi connectivity index (χ3n) is 2.96. The molecule has 0 radical (unpaired) electrons. The molecule has 1 aromatic carbocycles. The third-order valence-corrected chi connectivity index (χ3v) is 2.96. The van der Waals surface area contributed by atoms with Gasteiger partial charge in [0.2, 0.25) is 5.75 Å². The Morgan fingerprint density at radius 2 is 1.89 bits per heavy atom. The molecule has 19 heavy (non-hydrogen) atoms. The maximum absolute atomic E-state index is 10.3. The summed E-state index contributed by atoms with van der Waals surface area (Å²) in [6.07, 6.45) is 0. The number of nitrogens with zero attached hydrogens (tertiary/aromatic N) is 1. The molecule has 6 nitrogen and oxygen atoms in total. The molecular weight excluding hydrogens is 250 g/mol. The van der Waals surface area contributed by atoms with Crippen molar-refractivity contribution in [3.05, 3.63) is 11.6 Å². The van der Waals surface area contributed by atoms with Gasteiger partial charge in [0.25, 0.3) is 0 Å². The standard InChI is InChI=1S/C13H17NO5/c1-13(2)12(14-18-5)9-7(19-13)6-8(16-3)11(17-4)10(9)15/h6,15H,1-5H3. The van der Waals surface area contributed by atoms with Crippen molar-refractivity contribution in [3.8, 4) is 23.0 Å². The number of aromatic hydroxyl groups is 1. The van der Waals surface area contributed by atoms with E-state index in [1.165, 1.54) is 21.3 Å². The van der Waals surface area contributed by atoms with Gasteiger partial charge in [0.1, 0.15) is 24.2 Å². The highest BCUT2D eigenvalue weighted by Gasteiger charge is 2.42. The number of phenolic OH excluding ortho intramolecular Hbond substituents is 1. The molecular formula is C13H17NO5. The lowest BCUT2D eigenvalue weighted by molar-refractivity contribution is 0.176. The van der Waals surface area contributed by atoms with Gasteiger partial charge in [0.15, 0.2) is 11.5 Å². The number of ether oxygens (including phenoxy) is 3. The van der Waals surface area contributed by atoms with Gasteiger partial charge in [-0.2, -0.15) is 0 Å². The van der Waals surface area contributed by atoms with Crippen LogP contribution in [0.25, 0.3) is 0 Å². The van der Waals surface area contributed by atoms with Crippen LogP contribution in [0.15, 0.2) is 11.2 Å². The average molecular weight is 267 g/mol. The summed E-state index contributed by atoms with van der Waals surface area (Å²) in [5.74, 6) is 1.05. The third kappa shape index (κ3) is 1.93. The SMILES string of the molecule is CON=C1c2c(cc(OC)c(OC)c2O)OC1(C)C. The molecule has 104 valence electrons. The first-order valence-electron chi connectivity index (χ1n) is 5.75. The molecule has 6 heteroatoms. The highest BCUT2D eigenvalue weighted by atomic mass is 16.6. The van der Waals surface area contributed by atoms with Gasteiger partial charge in [0, 0.05) is 6.07 Å². The molecule has 0 aromatic heterocycles. The molecule has 0 spiro atoms. The molecule has 0 saturated carbocycles. The van der Waals surface area contributed by atoms with Gasteiger partial charge < -0.3 is 24.2 Å². The number of fused-ring (bicyclic) bond motifs is 1. The maximum atomic E-state index is 10.3. The predicted octanol–water partition coefficient (Wildman–Crippen LogP) is 1.93. The first kappa shape index (κ1) is 13.3. The Bertz CT molecular complexity index is 536. The molecule has 1 aromatic rings. The Labute approximate surface area is 111 Å². The first-order valence-corrected chi connectivity index (χ1v) is 5.75. The zero-order valence-corrected chi connectivity index (χ0v) is 11.6. The Morgan fingerprint density at radius 1 is 1.21 bits per heavy atom. The molecule has 0 saturated heterocycles. The van der Waals surface area contributed by atoms with Crippen molar-refractivity contribution >= 4 is 5.71 Å². The fourth-order valence-electron chi connectivity index (χ4n) is 2.13. The number of phenols is 1. The maximum Gasteiger partial charge on any atom is 0.204 e. The lowest BCUT2D eigenvalue weighted by atomic mass is 9.97. The van der Waals surface area contributed by atoms with Crippen LogP contribution in [-0.4, -0.2) is 37.7 Å². The van der Waals surface area contributed by atoms with Crippen LogP contribution >= 0.6 is 0 Å². The highest BCUT2D eigenvalue weighted by molar-refractivity contribution is 6.13. The van der Waals surface area contributed by atoms with E-state index in [9.17, 15) is 5.11 Å². The quantitative estimate of drug-likeness (QED) is 0.847. The van der Waals surface area contributed by atoms with Crippen molar-refractivity contribution in [3.63, 3.8) is 0 Å². The molecule has 1 aliphatic rings. The summed E-state index contributed by atoms with van der Waals surface area (Å²) in [7, 11) is 4.39. The topological polar surface area (TPSA) is 69.5 Å². The molecule has 0 aliphatic carbocycles. The number of hydrogen-bond donors (Lipinski definition) is 1. The van der Waals surface area contributed by atoms with Crippen molar-refractivity contribution in [1.29, 1.82) is 0 Å². The molecule has 0 atom stereocenters. The fraction of sp³-hybridized carbons (Fsp3) is 0.462. The van der Waals surface area contributed by atoms with Gasteiger partial charge in [-0.1, -0.05) is 5.16 Å². The lowest BCUT2D eigenvalue weighted by Gasteiger charge is -2.17. The van der Waals surface area contributed by atoms with E-state index in [2.05, 4.69) is 5.16 Å². The molecule has 1 heterocycles. The van der Waals surface area contributed by atoms with E-state index >= 15 is 0 Å². The molecule has 0 bridgehead atoms. The summed E-state index contributed by atoms with van der Waals surface area (Å²) < 4.78 is 16.1. The molecule has 0 fully saturated rings. The van der Waals surface area contributed by atoms with Crippen LogP contribution < -0.4 is 14.2 Å². The molecule has 1 aliphatic heterocycles. The molecule has 1 N–H and O–H groups in total. The Balaban J connectivity index is 2.71. The monoisotopic (exact) mass is 267 g/mol. The van der Waals surface area contributed by atoms with E-state index in [-0.39, 0.29) is 11.5 Å². The van der Waals surface area contributed by atoms with Crippen molar-refractivity contribution in [2.75, 3.05) is 21.3 Å². The van der Waals surface area contributed by atoms with E-state index in [1.807, 2.05) is 13.8 Å². The van der Waals surface area contributed by atoms with E-state index in [1.54, 1.807) is 6.07 Å². The summed E-state index contributed by atoms with van der Waals surface area (Å²) in [5.41, 5.74) is 0.265. The minimum atomic E-state index is -0.701. The summed E-state index contributed by atoms with van der Waals surface area (Å²) in [5, 5.41) is 14.3. The van der Waals surface area contributed by atoms with Gasteiger partial charge in [-0.25, -0.2) is 0 Å². The Hall–Kier alpha value is -2.11. The molecule has 0 unspecified atom stereocenters. The number of rotatable bonds is 3. The van der Waals surface area contributed by atoms with E-state index < -0.39 is 5.60 Å². The second-order valence-corrected chi connectivity index (χ2v) is 4.57. The minimum Gasteiger partial charge on any atom is -0.504 e. The van der Waals surface area contributed by atoms with Crippen molar-refractivity contribution in [1.82, 2.24) is 0 Å². The summed E-state index contributed by atoms with van der Waals surface area (Å²) in [6.45, 7) is 3.67. The van der Waals surface area contributed by atoms with E-state index in [4.69, 9.17) is 19.0 Å². The second-order valence-electron chi connectivity index (χ2n) is 4.57. The summed E-state index contributed by atoms with van der Waals surface area (Å²) in [4.78, 5) is 4.83. The summed E-state index contributed by atoms with van der Waals surface area (Å²) in [6, 6.07) is 1.66. The summed E-state index contributed by atoms with van der Waals surface area (Å²) >= 11 is 0. The smallest absolute Gasteiger partial charge is 0.204 e. The van der Waals surface area contributed by atoms with Crippen LogP contribution in [0, 0.1) is 0 Å². The van der Waals surface area contributed by atoms with Gasteiger partial charge in [-0.05, 0) is 13.8 Å². The largest absolute Gasteiger partial charge is 0.504 e. The zero-order valence-electron chi connectivity index (χ0n) is 11.6. The predicted molar refractivity (Wildman–Crippen MR) is 69.5 cm³/mol. The number of oxime groups is 1. The normalized spacial score (nSPS) is 17.8. The molecule has 2 rings (SSSR count). The highest BCUT2D eigenvalue weighted by Crippen LogP contribution is 2.49. The van der Waals surface area contributed by atoms with Gasteiger partial charge in [0.05, 0.1) is 19.8 Å². The van der Waals surface area contributed by atoms with Crippen molar-refractivity contribution in [2.24, 2.45) is 5.16 Å². The molecule has 0 amide bonds. The van der Waals surface area contributed by atoms with Crippen LogP contribution in [-0.2, 0) is 4.84 Å². The number of benzene rings is 1. The van der Waals surface area contributed by atoms with Gasteiger partial charge in [-0.15, -0.1) is 0 Å². The average Bonchev–Trinajstić information content (AvgIpc) is 2.61. The fourth-order valence-corrected chi connectivity index (χ4v) is 2.13. The minimum absolute atomic E-state index is 0.0711. The van der Waals surface area contributed by atoms with Crippen LogP contribution in [0.1, 0.15) is 19.4 Å². The zero-order chi connectivity index (χ0) is 14.2. The van der Waals surface area contributed by atoms with Crippen LogP contribution in [0.4, 0.5) is 0 Å². The van der Waals surface area contributed by atoms with Crippen molar-refractivity contribution < 1.29 is 24.2 Å². The number of methoxy groups -OCH3 is 2. The number of hydrogen-bond acceptors (Lipinski definition) is 6. The first-order chi connectivity index (χ1) is 8.96. The van der Waals surface area contributed by atoms with E-state index in [0.29, 0.717) is 22.8 Å². The Morgan fingerprint density at radius 3 is 2.42 bits per heavy atom. The van der Waals surface area contributed by atoms with E-state index in [0.717, 1.165) is 0 Å². The van der Waals surface area contributed by atoms with Crippen LogP contribution in [0.3, 0.4) is 0 Å². The van der Waals surface area contributed by atoms with Crippen LogP contribution in [0.5, 0.6) is 23.0 Å². The van der Waals surface area contributed by atoms with Crippen LogP contribution in [0.2, 0.25) is 0 Å². The Kier molecular flexibility index (Phi) is 3.18. The second kappa shape index (κ2) is 4.53. The van der Waals surface area contributed by atoms with Gasteiger partial charge >= 0.3 is 0 Å². The van der Waals surface area contributed by atoms with Gasteiger partial charge in [-0.3, -0.25) is 0 Å². The van der Waals surface area contributed by atoms with Crippen molar-refractivity contribution in [2.45, 2.75) is 19.4 Å².